The number of nitrogens with zero attached hydrogens (tertiary/aromatic N) is 1. The molecule has 3 rings (SSSR count). The lowest BCUT2D eigenvalue weighted by Crippen LogP contribution is -2.43. The molecule has 23 heavy (non-hydrogen) atoms. The van der Waals surface area contributed by atoms with Crippen LogP contribution in [0.1, 0.15) is 31.2 Å². The second kappa shape index (κ2) is 8.31. The number of rotatable bonds is 5. The van der Waals surface area contributed by atoms with E-state index in [1.165, 1.54) is 0 Å². The van der Waals surface area contributed by atoms with Gasteiger partial charge in [0.2, 0.25) is 11.8 Å². The van der Waals surface area contributed by atoms with Gasteiger partial charge in [0.1, 0.15) is 6.04 Å². The molecule has 0 aliphatic carbocycles. The molecule has 2 fully saturated rings. The van der Waals surface area contributed by atoms with Gasteiger partial charge in [-0.2, -0.15) is 0 Å². The average molecular weight is 338 g/mol. The molecule has 2 aliphatic heterocycles. The smallest absolute Gasteiger partial charge is 0.245 e. The van der Waals surface area contributed by atoms with Gasteiger partial charge in [-0.25, -0.2) is 0 Å². The van der Waals surface area contributed by atoms with Crippen LogP contribution in [0.2, 0.25) is 0 Å². The largest absolute Gasteiger partial charge is 0.344 e. The molecule has 2 amide bonds. The highest BCUT2D eigenvalue weighted by atomic mass is 35.5. The Morgan fingerprint density at radius 2 is 2.04 bits per heavy atom. The summed E-state index contributed by atoms with van der Waals surface area (Å²) in [5.74, 6) is 0.0240. The molecule has 0 aromatic heterocycles. The third-order valence-electron chi connectivity index (χ3n) is 4.44. The van der Waals surface area contributed by atoms with E-state index in [1.807, 2.05) is 35.2 Å². The summed E-state index contributed by atoms with van der Waals surface area (Å²) in [6.07, 6.45) is 3.36. The van der Waals surface area contributed by atoms with E-state index in [2.05, 4.69) is 10.6 Å². The Balaban J connectivity index is 0.00000192. The molecule has 6 heteroatoms. The van der Waals surface area contributed by atoms with Crippen LogP contribution in [0.15, 0.2) is 30.3 Å². The highest BCUT2D eigenvalue weighted by Crippen LogP contribution is 2.16. The molecule has 5 nitrogen and oxygen atoms in total. The lowest BCUT2D eigenvalue weighted by molar-refractivity contribution is -0.133. The zero-order valence-corrected chi connectivity index (χ0v) is 14.0. The molecule has 0 saturated carbocycles. The number of likely N-dealkylation sites (tertiary alicyclic amines) is 1. The Bertz CT molecular complexity index is 532. The lowest BCUT2D eigenvalue weighted by Gasteiger charge is -2.18. The Hall–Kier alpha value is -1.59. The Kier molecular flexibility index (Phi) is 6.42. The predicted molar refractivity (Wildman–Crippen MR) is 91.3 cm³/mol. The molecule has 0 bridgehead atoms. The SMILES string of the molecule is Cl.O=C(CC1CCCN1)NC1CCN(Cc2ccccc2)C1=O. The first-order chi connectivity index (χ1) is 10.7. The topological polar surface area (TPSA) is 61.4 Å². The Morgan fingerprint density at radius 1 is 1.26 bits per heavy atom. The summed E-state index contributed by atoms with van der Waals surface area (Å²) in [5, 5.41) is 6.21. The fourth-order valence-electron chi connectivity index (χ4n) is 3.24. The highest BCUT2D eigenvalue weighted by Gasteiger charge is 2.33. The van der Waals surface area contributed by atoms with Crippen molar-refractivity contribution in [1.29, 1.82) is 0 Å². The van der Waals surface area contributed by atoms with E-state index in [9.17, 15) is 9.59 Å². The quantitative estimate of drug-likeness (QED) is 0.855. The molecule has 126 valence electrons. The van der Waals surface area contributed by atoms with E-state index in [4.69, 9.17) is 0 Å². The van der Waals surface area contributed by atoms with Gasteiger partial charge in [-0.05, 0) is 31.4 Å². The van der Waals surface area contributed by atoms with Gasteiger partial charge in [-0.15, -0.1) is 12.4 Å². The van der Waals surface area contributed by atoms with Crippen molar-refractivity contribution in [3.63, 3.8) is 0 Å². The van der Waals surface area contributed by atoms with Gasteiger partial charge >= 0.3 is 0 Å². The lowest BCUT2D eigenvalue weighted by atomic mass is 10.1. The summed E-state index contributed by atoms with van der Waals surface area (Å²) in [6.45, 7) is 2.32. The molecule has 1 aromatic carbocycles. The summed E-state index contributed by atoms with van der Waals surface area (Å²) in [5.41, 5.74) is 1.12. The van der Waals surface area contributed by atoms with Crippen LogP contribution in [0.3, 0.4) is 0 Å². The molecule has 2 N–H and O–H groups in total. The fraction of sp³-hybridized carbons (Fsp3) is 0.529. The number of carbonyl (C=O) groups excluding carboxylic acids is 2. The van der Waals surface area contributed by atoms with Crippen molar-refractivity contribution < 1.29 is 9.59 Å². The maximum atomic E-state index is 12.4. The third kappa shape index (κ3) is 4.69. The first-order valence-corrected chi connectivity index (χ1v) is 8.08. The average Bonchev–Trinajstić information content (AvgIpc) is 3.13. The minimum Gasteiger partial charge on any atom is -0.344 e. The van der Waals surface area contributed by atoms with Crippen LogP contribution in [0.5, 0.6) is 0 Å². The first-order valence-electron chi connectivity index (χ1n) is 8.08. The number of amides is 2. The Morgan fingerprint density at radius 3 is 2.74 bits per heavy atom. The van der Waals surface area contributed by atoms with Gasteiger partial charge in [0.05, 0.1) is 0 Å². The van der Waals surface area contributed by atoms with Crippen LogP contribution in [0.4, 0.5) is 0 Å². The highest BCUT2D eigenvalue weighted by molar-refractivity contribution is 5.89. The van der Waals surface area contributed by atoms with Crippen LogP contribution in [0, 0.1) is 0 Å². The zero-order chi connectivity index (χ0) is 15.4. The number of benzene rings is 1. The third-order valence-corrected chi connectivity index (χ3v) is 4.44. The van der Waals surface area contributed by atoms with Crippen LogP contribution >= 0.6 is 12.4 Å². The van der Waals surface area contributed by atoms with E-state index in [1.54, 1.807) is 0 Å². The molecule has 0 spiro atoms. The van der Waals surface area contributed by atoms with Gasteiger partial charge < -0.3 is 15.5 Å². The second-order valence-corrected chi connectivity index (χ2v) is 6.15. The van der Waals surface area contributed by atoms with E-state index in [0.717, 1.165) is 24.9 Å². The first kappa shape index (κ1) is 17.8. The van der Waals surface area contributed by atoms with Gasteiger partial charge in [-0.3, -0.25) is 9.59 Å². The molecule has 2 aliphatic rings. The van der Waals surface area contributed by atoms with Crippen molar-refractivity contribution >= 4 is 24.2 Å². The number of nitrogens with one attached hydrogen (secondary N) is 2. The minimum atomic E-state index is -0.349. The zero-order valence-electron chi connectivity index (χ0n) is 13.2. The fourth-order valence-corrected chi connectivity index (χ4v) is 3.24. The number of hydrogen-bond acceptors (Lipinski definition) is 3. The number of carbonyl (C=O) groups is 2. The van der Waals surface area contributed by atoms with Crippen LogP contribution in [0.25, 0.3) is 0 Å². The second-order valence-electron chi connectivity index (χ2n) is 6.15. The molecule has 2 saturated heterocycles. The van der Waals surface area contributed by atoms with Gasteiger partial charge in [0.25, 0.3) is 0 Å². The van der Waals surface area contributed by atoms with E-state index in [0.29, 0.717) is 25.9 Å². The molecule has 2 heterocycles. The maximum absolute atomic E-state index is 12.4. The number of halogens is 1. The molecular weight excluding hydrogens is 314 g/mol. The van der Waals surface area contributed by atoms with Crippen molar-refractivity contribution in [2.45, 2.75) is 44.3 Å². The van der Waals surface area contributed by atoms with Crippen LogP contribution < -0.4 is 10.6 Å². The van der Waals surface area contributed by atoms with E-state index in [-0.39, 0.29) is 36.3 Å². The van der Waals surface area contributed by atoms with Crippen LogP contribution in [-0.2, 0) is 16.1 Å². The molecule has 2 atom stereocenters. The van der Waals surface area contributed by atoms with Gasteiger partial charge in [-0.1, -0.05) is 30.3 Å². The van der Waals surface area contributed by atoms with Crippen molar-refractivity contribution in [1.82, 2.24) is 15.5 Å². The van der Waals surface area contributed by atoms with E-state index < -0.39 is 0 Å². The molecule has 0 radical (unpaired) electrons. The maximum Gasteiger partial charge on any atom is 0.245 e. The molecule has 2 unspecified atom stereocenters. The summed E-state index contributed by atoms with van der Waals surface area (Å²) in [6, 6.07) is 9.88. The summed E-state index contributed by atoms with van der Waals surface area (Å²) in [4.78, 5) is 26.2. The summed E-state index contributed by atoms with van der Waals surface area (Å²) >= 11 is 0. The summed E-state index contributed by atoms with van der Waals surface area (Å²) in [7, 11) is 0. The van der Waals surface area contributed by atoms with Crippen molar-refractivity contribution in [2.75, 3.05) is 13.1 Å². The van der Waals surface area contributed by atoms with Crippen LogP contribution in [-0.4, -0.2) is 41.9 Å². The van der Waals surface area contributed by atoms with Crippen molar-refractivity contribution in [2.24, 2.45) is 0 Å². The molecule has 1 aromatic rings. The van der Waals surface area contributed by atoms with Gasteiger partial charge in [0, 0.05) is 25.6 Å². The minimum absolute atomic E-state index is 0. The normalized spacial score (nSPS) is 23.7. The molecular formula is C17H24ClN3O2. The van der Waals surface area contributed by atoms with E-state index >= 15 is 0 Å². The standard InChI is InChI=1S/C17H23N3O2.ClH/c21-16(11-14-7-4-9-18-14)19-15-8-10-20(17(15)22)12-13-5-2-1-3-6-13;/h1-3,5-6,14-15,18H,4,7-12H2,(H,19,21);1H. The van der Waals surface area contributed by atoms with Crippen molar-refractivity contribution in [3.05, 3.63) is 35.9 Å². The monoisotopic (exact) mass is 337 g/mol. The predicted octanol–water partition coefficient (Wildman–Crippen LogP) is 1.47. The van der Waals surface area contributed by atoms with Crippen molar-refractivity contribution in [3.8, 4) is 0 Å². The summed E-state index contributed by atoms with van der Waals surface area (Å²) < 4.78 is 0. The Labute approximate surface area is 143 Å². The van der Waals surface area contributed by atoms with Gasteiger partial charge in [0.15, 0.2) is 0 Å². The number of hydrogen-bond donors (Lipinski definition) is 2.